The van der Waals surface area contributed by atoms with Crippen LogP contribution in [0.25, 0.3) is 0 Å². The second-order valence-corrected chi connectivity index (χ2v) is 3.99. The minimum absolute atomic E-state index is 0.0171. The molecule has 2 nitrogen and oxygen atoms in total. The molecule has 0 aliphatic heterocycles. The molecule has 15 heavy (non-hydrogen) atoms. The molecular formula is C11H12ClFO2. The number of ketones is 1. The molecule has 82 valence electrons. The molecule has 0 radical (unpaired) electrons. The SMILES string of the molecule is CCC(C)(O)C(=O)c1cc(F)ccc1Cl. The molecule has 0 aromatic heterocycles. The van der Waals surface area contributed by atoms with Crippen LogP contribution >= 0.6 is 11.6 Å². The lowest BCUT2D eigenvalue weighted by Gasteiger charge is -2.20. The van der Waals surface area contributed by atoms with Crippen LogP contribution in [0.4, 0.5) is 4.39 Å². The molecule has 0 spiro atoms. The summed E-state index contributed by atoms with van der Waals surface area (Å²) in [7, 11) is 0. The summed E-state index contributed by atoms with van der Waals surface area (Å²) in [6.45, 7) is 3.06. The summed E-state index contributed by atoms with van der Waals surface area (Å²) in [6.07, 6.45) is 0.249. The van der Waals surface area contributed by atoms with Crippen LogP contribution in [0.2, 0.25) is 5.02 Å². The Morgan fingerprint density at radius 3 is 2.73 bits per heavy atom. The van der Waals surface area contributed by atoms with Crippen LogP contribution in [-0.2, 0) is 0 Å². The van der Waals surface area contributed by atoms with Crippen molar-refractivity contribution in [3.8, 4) is 0 Å². The highest BCUT2D eigenvalue weighted by atomic mass is 35.5. The first-order chi connectivity index (χ1) is 6.88. The van der Waals surface area contributed by atoms with Gasteiger partial charge in [-0.1, -0.05) is 18.5 Å². The summed E-state index contributed by atoms with van der Waals surface area (Å²) in [5.41, 5.74) is -1.49. The van der Waals surface area contributed by atoms with Gasteiger partial charge >= 0.3 is 0 Å². The Morgan fingerprint density at radius 2 is 2.20 bits per heavy atom. The van der Waals surface area contributed by atoms with Crippen molar-refractivity contribution < 1.29 is 14.3 Å². The van der Waals surface area contributed by atoms with E-state index in [1.807, 2.05) is 0 Å². The Kier molecular flexibility index (Phi) is 3.47. The second-order valence-electron chi connectivity index (χ2n) is 3.58. The fraction of sp³-hybridized carbons (Fsp3) is 0.364. The Bertz CT molecular complexity index is 388. The van der Waals surface area contributed by atoms with Gasteiger partial charge in [0.05, 0.1) is 5.02 Å². The normalized spacial score (nSPS) is 14.7. The minimum Gasteiger partial charge on any atom is -0.382 e. The molecule has 0 aliphatic carbocycles. The van der Waals surface area contributed by atoms with Crippen molar-refractivity contribution in [3.63, 3.8) is 0 Å². The third-order valence-electron chi connectivity index (χ3n) is 2.35. The van der Waals surface area contributed by atoms with Gasteiger partial charge in [-0.3, -0.25) is 4.79 Å². The number of carbonyl (C=O) groups is 1. The predicted molar refractivity (Wildman–Crippen MR) is 56.7 cm³/mol. The number of hydrogen-bond donors (Lipinski definition) is 1. The lowest BCUT2D eigenvalue weighted by molar-refractivity contribution is 0.0390. The highest BCUT2D eigenvalue weighted by molar-refractivity contribution is 6.34. The van der Waals surface area contributed by atoms with E-state index < -0.39 is 17.2 Å². The van der Waals surface area contributed by atoms with Crippen molar-refractivity contribution in [2.24, 2.45) is 0 Å². The predicted octanol–water partition coefficient (Wildman–Crippen LogP) is 2.82. The summed E-state index contributed by atoms with van der Waals surface area (Å²) in [6, 6.07) is 3.50. The van der Waals surface area contributed by atoms with Gasteiger partial charge in [0.1, 0.15) is 11.4 Å². The van der Waals surface area contributed by atoms with Gasteiger partial charge in [-0.05, 0) is 31.5 Å². The van der Waals surface area contributed by atoms with Gasteiger partial charge in [0.25, 0.3) is 0 Å². The average molecular weight is 231 g/mol. The number of halogens is 2. The number of benzene rings is 1. The van der Waals surface area contributed by atoms with Gasteiger partial charge in [-0.15, -0.1) is 0 Å². The zero-order valence-electron chi connectivity index (χ0n) is 8.55. The lowest BCUT2D eigenvalue weighted by atomic mass is 9.92. The van der Waals surface area contributed by atoms with E-state index in [0.717, 1.165) is 6.07 Å². The van der Waals surface area contributed by atoms with E-state index in [-0.39, 0.29) is 17.0 Å². The maximum atomic E-state index is 12.9. The van der Waals surface area contributed by atoms with E-state index >= 15 is 0 Å². The van der Waals surface area contributed by atoms with Crippen LogP contribution in [0.1, 0.15) is 30.6 Å². The Hall–Kier alpha value is -0.930. The summed E-state index contributed by atoms with van der Waals surface area (Å²) in [5, 5.41) is 9.88. The molecule has 0 amide bonds. The number of Topliss-reactive ketones (excluding diaryl/α,β-unsaturated/α-hetero) is 1. The third-order valence-corrected chi connectivity index (χ3v) is 2.68. The van der Waals surface area contributed by atoms with Gasteiger partial charge in [-0.2, -0.15) is 0 Å². The van der Waals surface area contributed by atoms with Crippen molar-refractivity contribution >= 4 is 17.4 Å². The zero-order valence-corrected chi connectivity index (χ0v) is 9.31. The number of rotatable bonds is 3. The molecule has 0 aliphatic rings. The van der Waals surface area contributed by atoms with Crippen LogP contribution in [0, 0.1) is 5.82 Å². The Balaban J connectivity index is 3.17. The molecule has 0 saturated carbocycles. The molecule has 1 rings (SSSR count). The van der Waals surface area contributed by atoms with Crippen molar-refractivity contribution in [3.05, 3.63) is 34.6 Å². The maximum Gasteiger partial charge on any atom is 0.195 e. The standard InChI is InChI=1S/C11H12ClFO2/c1-3-11(2,15)10(14)8-6-7(13)4-5-9(8)12/h4-6,15H,3H2,1-2H3. The van der Waals surface area contributed by atoms with Gasteiger partial charge in [0, 0.05) is 5.56 Å². The molecule has 1 atom stereocenters. The number of hydrogen-bond acceptors (Lipinski definition) is 2. The summed E-state index contributed by atoms with van der Waals surface area (Å²) < 4.78 is 12.9. The topological polar surface area (TPSA) is 37.3 Å². The van der Waals surface area contributed by atoms with E-state index in [0.29, 0.717) is 0 Å². The fourth-order valence-corrected chi connectivity index (χ4v) is 1.33. The van der Waals surface area contributed by atoms with Gasteiger partial charge in [0.15, 0.2) is 5.78 Å². The first-order valence-corrected chi connectivity index (χ1v) is 4.98. The molecule has 1 N–H and O–H groups in total. The summed E-state index contributed by atoms with van der Waals surface area (Å²) in [4.78, 5) is 11.8. The van der Waals surface area contributed by atoms with E-state index in [9.17, 15) is 14.3 Å². The average Bonchev–Trinajstić information content (AvgIpc) is 2.20. The summed E-state index contributed by atoms with van der Waals surface area (Å²) >= 11 is 5.76. The molecule has 0 saturated heterocycles. The monoisotopic (exact) mass is 230 g/mol. The minimum atomic E-state index is -1.50. The summed E-state index contributed by atoms with van der Waals surface area (Å²) in [5.74, 6) is -1.11. The zero-order chi connectivity index (χ0) is 11.6. The Morgan fingerprint density at radius 1 is 1.60 bits per heavy atom. The quantitative estimate of drug-likeness (QED) is 0.811. The molecule has 1 aromatic carbocycles. The van der Waals surface area contributed by atoms with Crippen LogP contribution in [-0.4, -0.2) is 16.5 Å². The van der Waals surface area contributed by atoms with Crippen LogP contribution in [0.3, 0.4) is 0 Å². The highest BCUT2D eigenvalue weighted by Crippen LogP contribution is 2.23. The molecule has 1 aromatic rings. The third kappa shape index (κ3) is 2.55. The molecule has 4 heteroatoms. The fourth-order valence-electron chi connectivity index (χ4n) is 1.12. The van der Waals surface area contributed by atoms with Crippen LogP contribution < -0.4 is 0 Å². The van der Waals surface area contributed by atoms with Crippen molar-refractivity contribution in [1.29, 1.82) is 0 Å². The maximum absolute atomic E-state index is 12.9. The lowest BCUT2D eigenvalue weighted by Crippen LogP contribution is -2.34. The molecule has 0 fully saturated rings. The molecule has 1 unspecified atom stereocenters. The van der Waals surface area contributed by atoms with Crippen molar-refractivity contribution in [1.82, 2.24) is 0 Å². The van der Waals surface area contributed by atoms with Crippen molar-refractivity contribution in [2.45, 2.75) is 25.9 Å². The van der Waals surface area contributed by atoms with Gasteiger partial charge < -0.3 is 5.11 Å². The molecular weight excluding hydrogens is 219 g/mol. The van der Waals surface area contributed by atoms with Crippen molar-refractivity contribution in [2.75, 3.05) is 0 Å². The van der Waals surface area contributed by atoms with E-state index in [4.69, 9.17) is 11.6 Å². The number of aliphatic hydroxyl groups is 1. The Labute approximate surface area is 92.7 Å². The largest absolute Gasteiger partial charge is 0.382 e. The second kappa shape index (κ2) is 4.29. The van der Waals surface area contributed by atoms with E-state index in [1.165, 1.54) is 19.1 Å². The highest BCUT2D eigenvalue weighted by Gasteiger charge is 2.30. The number of carbonyl (C=O) groups excluding carboxylic acids is 1. The first kappa shape index (κ1) is 12.1. The van der Waals surface area contributed by atoms with Crippen LogP contribution in [0.15, 0.2) is 18.2 Å². The van der Waals surface area contributed by atoms with Gasteiger partial charge in [-0.25, -0.2) is 4.39 Å². The molecule has 0 heterocycles. The molecule has 0 bridgehead atoms. The smallest absolute Gasteiger partial charge is 0.195 e. The van der Waals surface area contributed by atoms with Gasteiger partial charge in [0.2, 0.25) is 0 Å². The van der Waals surface area contributed by atoms with E-state index in [1.54, 1.807) is 6.92 Å². The van der Waals surface area contributed by atoms with E-state index in [2.05, 4.69) is 0 Å². The first-order valence-electron chi connectivity index (χ1n) is 4.60. The van der Waals surface area contributed by atoms with Crippen LogP contribution in [0.5, 0.6) is 0 Å².